The fraction of sp³-hybridized carbons (Fsp3) is 0.240. The molecule has 1 aliphatic heterocycles. The summed E-state index contributed by atoms with van der Waals surface area (Å²) >= 11 is 0. The van der Waals surface area contributed by atoms with Crippen LogP contribution in [0.25, 0.3) is 17.2 Å². The molecule has 2 aromatic heterocycles. The Morgan fingerprint density at radius 3 is 2.47 bits per heavy atom. The minimum absolute atomic E-state index is 0.207. The maximum Gasteiger partial charge on any atom is 0.332 e. The Labute approximate surface area is 185 Å². The molecule has 0 aliphatic carbocycles. The first-order chi connectivity index (χ1) is 15.6. The molecule has 32 heavy (non-hydrogen) atoms. The van der Waals surface area contributed by atoms with E-state index in [1.807, 2.05) is 47.1 Å². The van der Waals surface area contributed by atoms with Gasteiger partial charge >= 0.3 is 5.69 Å². The van der Waals surface area contributed by atoms with Crippen molar-refractivity contribution in [3.8, 4) is 0 Å². The summed E-state index contributed by atoms with van der Waals surface area (Å²) in [5.74, 6) is 0.703. The van der Waals surface area contributed by atoms with Crippen LogP contribution in [0.1, 0.15) is 18.1 Å². The third-order valence-corrected chi connectivity index (χ3v) is 6.06. The van der Waals surface area contributed by atoms with Gasteiger partial charge in [0, 0.05) is 32.4 Å². The Hall–Kier alpha value is -3.87. The highest BCUT2D eigenvalue weighted by atomic mass is 16.2. The summed E-state index contributed by atoms with van der Waals surface area (Å²) < 4.78 is 4.68. The van der Waals surface area contributed by atoms with E-state index >= 15 is 0 Å². The second-order valence-corrected chi connectivity index (χ2v) is 7.98. The van der Waals surface area contributed by atoms with Crippen LogP contribution in [-0.2, 0) is 26.6 Å². The molecule has 0 fully saturated rings. The molecule has 0 saturated carbocycles. The maximum absolute atomic E-state index is 13.3. The molecule has 1 aliphatic rings. The lowest BCUT2D eigenvalue weighted by Crippen LogP contribution is -2.39. The number of imidazole rings is 1. The fourth-order valence-electron chi connectivity index (χ4n) is 4.25. The largest absolute Gasteiger partial charge is 0.332 e. The zero-order valence-corrected chi connectivity index (χ0v) is 18.2. The topological polar surface area (TPSA) is 65.1 Å². The van der Waals surface area contributed by atoms with Gasteiger partial charge in [0.15, 0.2) is 11.2 Å². The lowest BCUT2D eigenvalue weighted by atomic mass is 10.1. The number of benzene rings is 2. The normalized spacial score (nSPS) is 13.4. The monoisotopic (exact) mass is 427 g/mol. The first kappa shape index (κ1) is 20.1. The number of aromatic nitrogens is 4. The summed E-state index contributed by atoms with van der Waals surface area (Å²) in [6, 6.07) is 18.2. The highest BCUT2D eigenvalue weighted by Crippen LogP contribution is 2.31. The third-order valence-electron chi connectivity index (χ3n) is 6.06. The number of hydrogen-bond acceptors (Lipinski definition) is 4. The summed E-state index contributed by atoms with van der Waals surface area (Å²) in [5.41, 5.74) is 3.56. The predicted octanol–water partition coefficient (Wildman–Crippen LogP) is 3.32. The van der Waals surface area contributed by atoms with E-state index in [1.54, 1.807) is 7.05 Å². The van der Waals surface area contributed by atoms with Crippen LogP contribution in [0.4, 0.5) is 11.6 Å². The van der Waals surface area contributed by atoms with E-state index < -0.39 is 0 Å². The van der Waals surface area contributed by atoms with Gasteiger partial charge in [-0.15, -0.1) is 0 Å². The molecule has 7 nitrogen and oxygen atoms in total. The van der Waals surface area contributed by atoms with Gasteiger partial charge in [-0.1, -0.05) is 61.5 Å². The van der Waals surface area contributed by atoms with Crippen molar-refractivity contribution in [3.05, 3.63) is 92.6 Å². The van der Waals surface area contributed by atoms with E-state index in [1.165, 1.54) is 14.7 Å². The molecule has 0 radical (unpaired) electrons. The third kappa shape index (κ3) is 3.26. The van der Waals surface area contributed by atoms with E-state index in [9.17, 15) is 9.59 Å². The van der Waals surface area contributed by atoms with Crippen LogP contribution in [-0.4, -0.2) is 25.2 Å². The molecule has 0 amide bonds. The number of fused-ring (bicyclic) bond motifs is 3. The minimum Gasteiger partial charge on any atom is -0.310 e. The van der Waals surface area contributed by atoms with Gasteiger partial charge in [0.1, 0.15) is 0 Å². The van der Waals surface area contributed by atoms with E-state index in [0.717, 1.165) is 24.2 Å². The van der Waals surface area contributed by atoms with Crippen molar-refractivity contribution >= 4 is 28.9 Å². The lowest BCUT2D eigenvalue weighted by Gasteiger charge is -2.16. The van der Waals surface area contributed by atoms with Crippen LogP contribution in [0.5, 0.6) is 0 Å². The van der Waals surface area contributed by atoms with Gasteiger partial charge in [0.05, 0.1) is 0 Å². The Morgan fingerprint density at radius 1 is 1.00 bits per heavy atom. The van der Waals surface area contributed by atoms with E-state index in [2.05, 4.69) is 36.1 Å². The van der Waals surface area contributed by atoms with E-state index in [-0.39, 0.29) is 17.8 Å². The van der Waals surface area contributed by atoms with E-state index in [4.69, 9.17) is 4.98 Å². The van der Waals surface area contributed by atoms with Gasteiger partial charge in [-0.05, 0) is 29.7 Å². The average molecular weight is 428 g/mol. The summed E-state index contributed by atoms with van der Waals surface area (Å²) in [4.78, 5) is 33.1. The van der Waals surface area contributed by atoms with Crippen LogP contribution >= 0.6 is 0 Å². The molecule has 3 heterocycles. The van der Waals surface area contributed by atoms with Gasteiger partial charge in [-0.25, -0.2) is 4.79 Å². The molecule has 0 N–H and O–H groups in total. The molecular weight excluding hydrogens is 402 g/mol. The second kappa shape index (κ2) is 8.00. The zero-order chi connectivity index (χ0) is 22.2. The van der Waals surface area contributed by atoms with Crippen molar-refractivity contribution in [2.24, 2.45) is 7.05 Å². The van der Waals surface area contributed by atoms with Crippen LogP contribution in [0.15, 0.2) is 70.3 Å². The lowest BCUT2D eigenvalue weighted by molar-refractivity contribution is 0.663. The summed E-state index contributed by atoms with van der Waals surface area (Å²) in [5, 5.41) is 0. The number of nitrogens with zero attached hydrogens (tertiary/aromatic N) is 5. The first-order valence-electron chi connectivity index (χ1n) is 10.9. The van der Waals surface area contributed by atoms with Gasteiger partial charge in [0.2, 0.25) is 5.95 Å². The molecule has 4 aromatic rings. The van der Waals surface area contributed by atoms with Gasteiger partial charge in [-0.3, -0.25) is 13.9 Å². The van der Waals surface area contributed by atoms with Crippen LogP contribution in [0.3, 0.4) is 0 Å². The summed E-state index contributed by atoms with van der Waals surface area (Å²) in [6.45, 7) is 3.72. The molecule has 0 atom stereocenters. The van der Waals surface area contributed by atoms with Crippen molar-refractivity contribution in [3.63, 3.8) is 0 Å². The molecule has 0 saturated heterocycles. The fourth-order valence-corrected chi connectivity index (χ4v) is 4.25. The summed E-state index contributed by atoms with van der Waals surface area (Å²) in [7, 11) is 1.67. The van der Waals surface area contributed by atoms with Crippen molar-refractivity contribution in [2.75, 3.05) is 11.4 Å². The van der Waals surface area contributed by atoms with E-state index in [0.29, 0.717) is 23.7 Å². The Morgan fingerprint density at radius 2 is 1.75 bits per heavy atom. The van der Waals surface area contributed by atoms with Crippen LogP contribution in [0.2, 0.25) is 0 Å². The quantitative estimate of drug-likeness (QED) is 0.490. The van der Waals surface area contributed by atoms with Crippen LogP contribution < -0.4 is 16.1 Å². The Bertz CT molecular complexity index is 1430. The van der Waals surface area contributed by atoms with Crippen molar-refractivity contribution in [1.29, 1.82) is 0 Å². The molecule has 162 valence electrons. The zero-order valence-electron chi connectivity index (χ0n) is 18.2. The van der Waals surface area contributed by atoms with Gasteiger partial charge in [-0.2, -0.15) is 4.98 Å². The standard InChI is InChI=1S/C25H25N5O2/c1-3-18-11-13-20(14-12-18)28-16-17-29-21-22(26-24(28)29)27(2)25(32)30(23(21)31)15-7-10-19-8-5-4-6-9-19/h4-14H,3,15-17H2,1-2H3/b10-7+. The predicted molar refractivity (Wildman–Crippen MR) is 128 cm³/mol. The van der Waals surface area contributed by atoms with Gasteiger partial charge < -0.3 is 9.47 Å². The molecule has 2 aromatic carbocycles. The second-order valence-electron chi connectivity index (χ2n) is 7.98. The number of hydrogen-bond donors (Lipinski definition) is 0. The van der Waals surface area contributed by atoms with Crippen molar-refractivity contribution in [1.82, 2.24) is 18.7 Å². The van der Waals surface area contributed by atoms with Crippen molar-refractivity contribution < 1.29 is 0 Å². The number of anilines is 2. The maximum atomic E-state index is 13.3. The number of aryl methyl sites for hydroxylation is 2. The minimum atomic E-state index is -0.365. The Balaban J connectivity index is 1.56. The Kier molecular flexibility index (Phi) is 5.01. The van der Waals surface area contributed by atoms with Crippen LogP contribution in [0, 0.1) is 0 Å². The average Bonchev–Trinajstić information content (AvgIpc) is 3.40. The number of rotatable bonds is 5. The molecule has 0 bridgehead atoms. The SMILES string of the molecule is CCc1ccc(N2CCn3c2nc2c3c(=O)n(C/C=C/c3ccccc3)c(=O)n2C)cc1. The molecule has 0 unspecified atom stereocenters. The molecule has 5 rings (SSSR count). The molecule has 0 spiro atoms. The van der Waals surface area contributed by atoms with Crippen molar-refractivity contribution in [2.45, 2.75) is 26.4 Å². The number of allylic oxidation sites excluding steroid dienone is 1. The summed E-state index contributed by atoms with van der Waals surface area (Å²) in [6.07, 6.45) is 4.74. The molecule has 7 heteroatoms. The highest BCUT2D eigenvalue weighted by Gasteiger charge is 2.28. The molecular formula is C25H25N5O2. The first-order valence-corrected chi connectivity index (χ1v) is 10.9. The smallest absolute Gasteiger partial charge is 0.310 e. The highest BCUT2D eigenvalue weighted by molar-refractivity contribution is 5.77. The van der Waals surface area contributed by atoms with Gasteiger partial charge in [0.25, 0.3) is 5.56 Å².